The Labute approximate surface area is 181 Å². The van der Waals surface area contributed by atoms with Crippen molar-refractivity contribution in [2.45, 2.75) is 33.1 Å². The van der Waals surface area contributed by atoms with Gasteiger partial charge >= 0.3 is 0 Å². The van der Waals surface area contributed by atoms with Gasteiger partial charge in [-0.3, -0.25) is 14.4 Å². The van der Waals surface area contributed by atoms with Crippen LogP contribution in [0.3, 0.4) is 0 Å². The Kier molecular flexibility index (Phi) is 7.44. The maximum atomic E-state index is 13.6. The van der Waals surface area contributed by atoms with Crippen LogP contribution in [-0.4, -0.2) is 48.8 Å². The second-order valence-corrected chi connectivity index (χ2v) is 7.80. The Morgan fingerprint density at radius 3 is 2.48 bits per heavy atom. The van der Waals surface area contributed by atoms with Crippen molar-refractivity contribution in [2.24, 2.45) is 5.92 Å². The maximum absolute atomic E-state index is 13.6. The summed E-state index contributed by atoms with van der Waals surface area (Å²) < 4.78 is 19.0. The summed E-state index contributed by atoms with van der Waals surface area (Å²) in [6.45, 7) is 4.67. The Balaban J connectivity index is 1.38. The molecular formula is C23H28FN3O4. The van der Waals surface area contributed by atoms with Gasteiger partial charge in [0.25, 0.3) is 5.91 Å². The average Bonchev–Trinajstić information content (AvgIpc) is 3.11. The van der Waals surface area contributed by atoms with Gasteiger partial charge in [0, 0.05) is 25.6 Å². The van der Waals surface area contributed by atoms with Gasteiger partial charge in [-0.1, -0.05) is 18.2 Å². The van der Waals surface area contributed by atoms with E-state index in [1.165, 1.54) is 6.07 Å². The van der Waals surface area contributed by atoms with Crippen LogP contribution in [0.4, 0.5) is 4.39 Å². The van der Waals surface area contributed by atoms with Crippen molar-refractivity contribution in [3.63, 3.8) is 0 Å². The van der Waals surface area contributed by atoms with E-state index in [0.29, 0.717) is 61.5 Å². The lowest BCUT2D eigenvalue weighted by molar-refractivity contribution is -0.134. The van der Waals surface area contributed by atoms with Crippen molar-refractivity contribution in [1.29, 1.82) is 0 Å². The summed E-state index contributed by atoms with van der Waals surface area (Å²) in [7, 11) is 0. The SMILES string of the molecule is Cc1cc(C(=O)NCC(=O)N2CCC(C(=O)NCCc3ccccc3F)CC2)c(C)o1. The minimum atomic E-state index is -0.341. The molecule has 2 N–H and O–H groups in total. The van der Waals surface area contributed by atoms with Crippen molar-refractivity contribution in [2.75, 3.05) is 26.2 Å². The number of carbonyl (C=O) groups excluding carboxylic acids is 3. The van der Waals surface area contributed by atoms with Gasteiger partial charge in [-0.2, -0.15) is 0 Å². The highest BCUT2D eigenvalue weighted by Crippen LogP contribution is 2.18. The number of aryl methyl sites for hydroxylation is 2. The lowest BCUT2D eigenvalue weighted by Crippen LogP contribution is -2.46. The molecule has 1 fully saturated rings. The maximum Gasteiger partial charge on any atom is 0.255 e. The number of hydrogen-bond donors (Lipinski definition) is 2. The largest absolute Gasteiger partial charge is 0.466 e. The molecule has 0 bridgehead atoms. The fourth-order valence-corrected chi connectivity index (χ4v) is 3.78. The number of nitrogens with one attached hydrogen (secondary N) is 2. The van der Waals surface area contributed by atoms with Gasteiger partial charge in [0.2, 0.25) is 11.8 Å². The van der Waals surface area contributed by atoms with Crippen LogP contribution in [0.1, 0.15) is 40.3 Å². The minimum absolute atomic E-state index is 0.0671. The normalized spacial score (nSPS) is 14.4. The second-order valence-electron chi connectivity index (χ2n) is 7.80. The number of rotatable bonds is 7. The number of piperidine rings is 1. The Bertz CT molecular complexity index is 948. The summed E-state index contributed by atoms with van der Waals surface area (Å²) in [5.41, 5.74) is 1.00. The first kappa shape index (κ1) is 22.5. The Hall–Kier alpha value is -3.16. The predicted octanol–water partition coefficient (Wildman–Crippen LogP) is 2.36. The number of amides is 3. The number of halogens is 1. The molecule has 3 rings (SSSR count). The van der Waals surface area contributed by atoms with Crippen LogP contribution < -0.4 is 10.6 Å². The van der Waals surface area contributed by atoms with Gasteiger partial charge in [-0.15, -0.1) is 0 Å². The van der Waals surface area contributed by atoms with Crippen LogP contribution in [0.5, 0.6) is 0 Å². The molecule has 8 heteroatoms. The lowest BCUT2D eigenvalue weighted by atomic mass is 9.95. The summed E-state index contributed by atoms with van der Waals surface area (Å²) in [4.78, 5) is 38.7. The molecule has 0 aliphatic carbocycles. The van der Waals surface area contributed by atoms with Crippen molar-refractivity contribution < 1.29 is 23.2 Å². The van der Waals surface area contributed by atoms with Crippen LogP contribution in [0, 0.1) is 25.6 Å². The molecule has 0 radical (unpaired) electrons. The summed E-state index contributed by atoms with van der Waals surface area (Å²) in [5.74, 6) is 0.135. The zero-order valence-corrected chi connectivity index (χ0v) is 17.9. The quantitative estimate of drug-likeness (QED) is 0.707. The zero-order chi connectivity index (χ0) is 22.4. The van der Waals surface area contributed by atoms with Gasteiger partial charge in [0.15, 0.2) is 0 Å². The first-order valence-corrected chi connectivity index (χ1v) is 10.5. The number of nitrogens with zero attached hydrogens (tertiary/aromatic N) is 1. The molecule has 0 unspecified atom stereocenters. The highest BCUT2D eigenvalue weighted by Gasteiger charge is 2.27. The Morgan fingerprint density at radius 1 is 1.13 bits per heavy atom. The van der Waals surface area contributed by atoms with Gasteiger partial charge in [-0.05, 0) is 50.8 Å². The lowest BCUT2D eigenvalue weighted by Gasteiger charge is -2.31. The van der Waals surface area contributed by atoms with Crippen molar-refractivity contribution >= 4 is 17.7 Å². The van der Waals surface area contributed by atoms with E-state index in [9.17, 15) is 18.8 Å². The third-order valence-corrected chi connectivity index (χ3v) is 5.56. The van der Waals surface area contributed by atoms with E-state index in [1.54, 1.807) is 43.0 Å². The fraction of sp³-hybridized carbons (Fsp3) is 0.435. The summed E-state index contributed by atoms with van der Waals surface area (Å²) >= 11 is 0. The van der Waals surface area contributed by atoms with Crippen molar-refractivity contribution in [3.8, 4) is 0 Å². The smallest absolute Gasteiger partial charge is 0.255 e. The third-order valence-electron chi connectivity index (χ3n) is 5.56. The van der Waals surface area contributed by atoms with Crippen LogP contribution >= 0.6 is 0 Å². The van der Waals surface area contributed by atoms with Gasteiger partial charge in [-0.25, -0.2) is 4.39 Å². The third kappa shape index (κ3) is 5.93. The van der Waals surface area contributed by atoms with Crippen LogP contribution in [0.15, 0.2) is 34.7 Å². The first-order chi connectivity index (χ1) is 14.8. The molecule has 1 aromatic heterocycles. The molecule has 0 atom stereocenters. The number of likely N-dealkylation sites (tertiary alicyclic amines) is 1. The molecule has 1 saturated heterocycles. The highest BCUT2D eigenvalue weighted by molar-refractivity contribution is 5.97. The van der Waals surface area contributed by atoms with Gasteiger partial charge in [0.05, 0.1) is 12.1 Å². The number of hydrogen-bond acceptors (Lipinski definition) is 4. The van der Waals surface area contributed by atoms with E-state index >= 15 is 0 Å². The molecule has 3 amide bonds. The molecule has 1 aliphatic heterocycles. The Morgan fingerprint density at radius 2 is 1.84 bits per heavy atom. The van der Waals surface area contributed by atoms with Crippen LogP contribution in [0.25, 0.3) is 0 Å². The average molecular weight is 429 g/mol. The molecule has 2 aromatic rings. The zero-order valence-electron chi connectivity index (χ0n) is 17.9. The molecule has 2 heterocycles. The molecule has 166 valence electrons. The number of carbonyl (C=O) groups is 3. The minimum Gasteiger partial charge on any atom is -0.466 e. The number of furan rings is 1. The topological polar surface area (TPSA) is 91.7 Å². The molecular weight excluding hydrogens is 401 g/mol. The predicted molar refractivity (Wildman–Crippen MR) is 113 cm³/mol. The second kappa shape index (κ2) is 10.2. The molecule has 1 aromatic carbocycles. The van der Waals surface area contributed by atoms with Gasteiger partial charge < -0.3 is 20.0 Å². The number of benzene rings is 1. The monoisotopic (exact) mass is 429 g/mol. The molecule has 0 saturated carbocycles. The van der Waals surface area contributed by atoms with E-state index in [0.717, 1.165) is 0 Å². The summed E-state index contributed by atoms with van der Waals surface area (Å²) in [6.07, 6.45) is 1.56. The van der Waals surface area contributed by atoms with E-state index in [-0.39, 0.29) is 36.0 Å². The van der Waals surface area contributed by atoms with Crippen LogP contribution in [0.2, 0.25) is 0 Å². The van der Waals surface area contributed by atoms with E-state index in [4.69, 9.17) is 4.42 Å². The first-order valence-electron chi connectivity index (χ1n) is 10.5. The van der Waals surface area contributed by atoms with Crippen molar-refractivity contribution in [1.82, 2.24) is 15.5 Å². The molecule has 1 aliphatic rings. The van der Waals surface area contributed by atoms with E-state index in [2.05, 4.69) is 10.6 Å². The van der Waals surface area contributed by atoms with Crippen LogP contribution in [-0.2, 0) is 16.0 Å². The fourth-order valence-electron chi connectivity index (χ4n) is 3.78. The molecule has 7 nitrogen and oxygen atoms in total. The van der Waals surface area contributed by atoms with Crippen molar-refractivity contribution in [3.05, 3.63) is 58.8 Å². The standard InChI is InChI=1S/C23H28FN3O4/c1-15-13-19(16(2)31-15)23(30)26-14-21(28)27-11-8-18(9-12-27)22(29)25-10-7-17-5-3-4-6-20(17)24/h3-6,13,18H,7-12,14H2,1-2H3,(H,25,29)(H,26,30). The van der Waals surface area contributed by atoms with E-state index in [1.807, 2.05) is 0 Å². The molecule has 31 heavy (non-hydrogen) atoms. The molecule has 0 spiro atoms. The van der Waals surface area contributed by atoms with Gasteiger partial charge in [0.1, 0.15) is 17.3 Å². The summed E-state index contributed by atoms with van der Waals surface area (Å²) in [6, 6.07) is 8.17. The summed E-state index contributed by atoms with van der Waals surface area (Å²) in [5, 5.41) is 5.49. The highest BCUT2D eigenvalue weighted by atomic mass is 19.1. The van der Waals surface area contributed by atoms with E-state index < -0.39 is 0 Å².